The lowest BCUT2D eigenvalue weighted by Gasteiger charge is -2.36. The Hall–Kier alpha value is -0.160. The van der Waals surface area contributed by atoms with E-state index in [4.69, 9.17) is 10.8 Å². The summed E-state index contributed by atoms with van der Waals surface area (Å²) in [5.41, 5.74) is 6.18. The molecule has 4 nitrogen and oxygen atoms in total. The molecule has 1 heterocycles. The third-order valence-electron chi connectivity index (χ3n) is 4.31. The van der Waals surface area contributed by atoms with E-state index in [0.717, 1.165) is 32.4 Å². The predicted molar refractivity (Wildman–Crippen MR) is 81.3 cm³/mol. The third-order valence-corrected chi connectivity index (χ3v) is 4.31. The van der Waals surface area contributed by atoms with Gasteiger partial charge in [-0.1, -0.05) is 6.92 Å². The van der Waals surface area contributed by atoms with Gasteiger partial charge in [-0.15, -0.1) is 0 Å². The quantitative estimate of drug-likeness (QED) is 0.623. The lowest BCUT2D eigenvalue weighted by atomic mass is 9.89. The van der Waals surface area contributed by atoms with Crippen LogP contribution in [0.4, 0.5) is 0 Å². The maximum absolute atomic E-state index is 8.92. The van der Waals surface area contributed by atoms with Crippen molar-refractivity contribution >= 4 is 0 Å². The molecule has 0 spiro atoms. The number of nitrogens with one attached hydrogen (secondary N) is 1. The van der Waals surface area contributed by atoms with Crippen LogP contribution < -0.4 is 11.1 Å². The topological polar surface area (TPSA) is 61.5 Å². The molecule has 0 aromatic heterocycles. The summed E-state index contributed by atoms with van der Waals surface area (Å²) < 4.78 is 0. The van der Waals surface area contributed by atoms with E-state index in [-0.39, 0.29) is 12.1 Å². The number of hydrogen-bond acceptors (Lipinski definition) is 4. The lowest BCUT2D eigenvalue weighted by Crippen LogP contribution is -2.55. The summed E-state index contributed by atoms with van der Waals surface area (Å²) in [6, 6.07) is 0.438. The Bertz CT molecular complexity index is 237. The number of hydrogen-bond donors (Lipinski definition) is 3. The molecule has 0 amide bonds. The summed E-state index contributed by atoms with van der Waals surface area (Å²) in [7, 11) is 0. The maximum atomic E-state index is 8.92. The third kappa shape index (κ3) is 5.78. The van der Waals surface area contributed by atoms with Crippen LogP contribution in [0.1, 0.15) is 52.4 Å². The van der Waals surface area contributed by atoms with Gasteiger partial charge < -0.3 is 21.1 Å². The first kappa shape index (κ1) is 16.9. The zero-order chi connectivity index (χ0) is 14.1. The smallest absolute Gasteiger partial charge is 0.0431 e. The number of nitrogens with zero attached hydrogens (tertiary/aromatic N) is 1. The molecular weight excluding hydrogens is 238 g/mol. The van der Waals surface area contributed by atoms with Crippen molar-refractivity contribution < 1.29 is 5.11 Å². The second kappa shape index (κ2) is 8.90. The van der Waals surface area contributed by atoms with E-state index in [1.54, 1.807) is 0 Å². The normalized spacial score (nSPS) is 27.2. The Morgan fingerprint density at radius 2 is 2.16 bits per heavy atom. The number of nitrogens with two attached hydrogens (primary N) is 1. The van der Waals surface area contributed by atoms with E-state index >= 15 is 0 Å². The van der Waals surface area contributed by atoms with Crippen LogP contribution in [0.2, 0.25) is 0 Å². The van der Waals surface area contributed by atoms with Crippen LogP contribution in [-0.4, -0.2) is 54.4 Å². The summed E-state index contributed by atoms with van der Waals surface area (Å²) in [4.78, 5) is 2.57. The number of aliphatic hydroxyl groups excluding tert-OH is 1. The molecule has 0 saturated carbocycles. The molecule has 0 aromatic carbocycles. The average molecular weight is 271 g/mol. The molecule has 0 radical (unpaired) electrons. The highest BCUT2D eigenvalue weighted by molar-refractivity contribution is 4.93. The Labute approximate surface area is 118 Å². The van der Waals surface area contributed by atoms with Crippen molar-refractivity contribution in [3.8, 4) is 0 Å². The number of likely N-dealkylation sites (tertiary alicyclic amines) is 1. The van der Waals surface area contributed by atoms with Gasteiger partial charge in [0.25, 0.3) is 0 Å². The molecule has 4 heteroatoms. The highest BCUT2D eigenvalue weighted by atomic mass is 16.2. The van der Waals surface area contributed by atoms with Gasteiger partial charge in [0, 0.05) is 24.7 Å². The minimum Gasteiger partial charge on any atom is -0.396 e. The molecule has 4 N–H and O–H groups in total. The first-order valence-corrected chi connectivity index (χ1v) is 7.97. The van der Waals surface area contributed by atoms with Gasteiger partial charge in [-0.2, -0.15) is 0 Å². The molecule has 19 heavy (non-hydrogen) atoms. The summed E-state index contributed by atoms with van der Waals surface area (Å²) in [5, 5.41) is 12.7. The fourth-order valence-electron chi connectivity index (χ4n) is 3.19. The van der Waals surface area contributed by atoms with Crippen LogP contribution in [0, 0.1) is 0 Å². The number of aliphatic hydroxyl groups is 1. The van der Waals surface area contributed by atoms with Gasteiger partial charge >= 0.3 is 0 Å². The molecule has 2 atom stereocenters. The average Bonchev–Trinajstić information content (AvgIpc) is 2.60. The minimum atomic E-state index is 0.108. The van der Waals surface area contributed by atoms with Crippen LogP contribution in [0.5, 0.6) is 0 Å². The van der Waals surface area contributed by atoms with Gasteiger partial charge in [0.15, 0.2) is 0 Å². The van der Waals surface area contributed by atoms with E-state index < -0.39 is 0 Å². The molecular formula is C15H33N3O. The van der Waals surface area contributed by atoms with Crippen molar-refractivity contribution in [3.05, 3.63) is 0 Å². The second-order valence-corrected chi connectivity index (χ2v) is 6.09. The van der Waals surface area contributed by atoms with E-state index in [1.807, 2.05) is 0 Å². The highest BCUT2D eigenvalue weighted by Gasteiger charge is 2.31. The summed E-state index contributed by atoms with van der Waals surface area (Å²) >= 11 is 0. The van der Waals surface area contributed by atoms with Crippen molar-refractivity contribution in [2.24, 2.45) is 5.73 Å². The van der Waals surface area contributed by atoms with E-state index in [2.05, 4.69) is 24.1 Å². The van der Waals surface area contributed by atoms with Crippen LogP contribution in [-0.2, 0) is 0 Å². The van der Waals surface area contributed by atoms with Gasteiger partial charge in [0.1, 0.15) is 0 Å². The van der Waals surface area contributed by atoms with Crippen molar-refractivity contribution in [2.75, 3.05) is 32.8 Å². The molecule has 0 bridgehead atoms. The first-order chi connectivity index (χ1) is 9.15. The molecule has 1 aliphatic heterocycles. The van der Waals surface area contributed by atoms with Crippen LogP contribution >= 0.6 is 0 Å². The Morgan fingerprint density at radius 3 is 2.79 bits per heavy atom. The highest BCUT2D eigenvalue weighted by Crippen LogP contribution is 2.23. The molecule has 0 aliphatic carbocycles. The first-order valence-electron chi connectivity index (χ1n) is 7.97. The van der Waals surface area contributed by atoms with E-state index in [9.17, 15) is 0 Å². The maximum Gasteiger partial charge on any atom is 0.0431 e. The van der Waals surface area contributed by atoms with Gasteiger partial charge in [0.2, 0.25) is 0 Å². The summed E-state index contributed by atoms with van der Waals surface area (Å²) in [5.74, 6) is 0. The number of rotatable bonds is 8. The summed E-state index contributed by atoms with van der Waals surface area (Å²) in [6.07, 6.45) is 6.68. The fourth-order valence-corrected chi connectivity index (χ4v) is 3.19. The van der Waals surface area contributed by atoms with E-state index in [1.165, 1.54) is 32.4 Å². The Balaban J connectivity index is 2.49. The minimum absolute atomic E-state index is 0.108. The lowest BCUT2D eigenvalue weighted by molar-refractivity contribution is 0.229. The SMILES string of the molecule is CCCN1CCCC(CN)(NC(C)CCCO)CC1. The van der Waals surface area contributed by atoms with Crippen LogP contribution in [0.25, 0.3) is 0 Å². The summed E-state index contributed by atoms with van der Waals surface area (Å²) in [6.45, 7) is 9.04. The zero-order valence-corrected chi connectivity index (χ0v) is 12.8. The zero-order valence-electron chi connectivity index (χ0n) is 12.8. The molecule has 0 aromatic rings. The van der Waals surface area contributed by atoms with Crippen molar-refractivity contribution in [1.82, 2.24) is 10.2 Å². The molecule has 2 unspecified atom stereocenters. The molecule has 1 fully saturated rings. The Morgan fingerprint density at radius 1 is 1.37 bits per heavy atom. The Kier molecular flexibility index (Phi) is 7.91. The van der Waals surface area contributed by atoms with Crippen molar-refractivity contribution in [3.63, 3.8) is 0 Å². The molecule has 1 aliphatic rings. The van der Waals surface area contributed by atoms with Gasteiger partial charge in [-0.25, -0.2) is 0 Å². The van der Waals surface area contributed by atoms with Crippen molar-refractivity contribution in [1.29, 1.82) is 0 Å². The molecule has 1 saturated heterocycles. The van der Waals surface area contributed by atoms with Gasteiger partial charge in [-0.3, -0.25) is 0 Å². The van der Waals surface area contributed by atoms with Crippen LogP contribution in [0.3, 0.4) is 0 Å². The monoisotopic (exact) mass is 271 g/mol. The fraction of sp³-hybridized carbons (Fsp3) is 1.00. The van der Waals surface area contributed by atoms with Crippen LogP contribution in [0.15, 0.2) is 0 Å². The largest absolute Gasteiger partial charge is 0.396 e. The van der Waals surface area contributed by atoms with Gasteiger partial charge in [-0.05, 0) is 65.1 Å². The molecule has 1 rings (SSSR count). The van der Waals surface area contributed by atoms with E-state index in [0.29, 0.717) is 6.04 Å². The molecule has 114 valence electrons. The van der Waals surface area contributed by atoms with Crippen molar-refractivity contribution in [2.45, 2.75) is 64.0 Å². The van der Waals surface area contributed by atoms with Gasteiger partial charge in [0.05, 0.1) is 0 Å². The predicted octanol–water partition coefficient (Wildman–Crippen LogP) is 1.33. The second-order valence-electron chi connectivity index (χ2n) is 6.09. The standard InChI is InChI=1S/C15H33N3O/c1-3-9-18-10-5-7-15(13-16,8-11-18)17-14(2)6-4-12-19/h14,17,19H,3-13,16H2,1-2H3.